The number of nitrogens with zero attached hydrogens (tertiary/aromatic N) is 1. The fraction of sp³-hybridized carbons (Fsp3) is 1.00. The fourth-order valence-electron chi connectivity index (χ4n) is 1.78. The molecule has 0 radical (unpaired) electrons. The van der Waals surface area contributed by atoms with E-state index < -0.39 is 0 Å². The fourth-order valence-corrected chi connectivity index (χ4v) is 1.78. The van der Waals surface area contributed by atoms with Crippen LogP contribution < -0.4 is 5.90 Å². The molecule has 0 aliphatic rings. The molecule has 0 heterocycles. The minimum Gasteiger partial charge on any atom is -0.304 e. The van der Waals surface area contributed by atoms with Crippen LogP contribution in [0, 0.1) is 0 Å². The Morgan fingerprint density at radius 3 is 2.27 bits per heavy atom. The van der Waals surface area contributed by atoms with Gasteiger partial charge in [-0.05, 0) is 32.4 Å². The second-order valence-corrected chi connectivity index (χ2v) is 4.12. The number of nitrogens with two attached hydrogens (primary N) is 1. The van der Waals surface area contributed by atoms with E-state index in [0.29, 0.717) is 0 Å². The maximum Gasteiger partial charge on any atom is 0.0799 e. The second kappa shape index (κ2) is 10.4. The van der Waals surface area contributed by atoms with Gasteiger partial charge in [0.2, 0.25) is 0 Å². The first-order chi connectivity index (χ1) is 7.28. The lowest BCUT2D eigenvalue weighted by atomic mass is 10.1. The standard InChI is InChI=1S/C12H28N2O/c1-4-7-8-12(15-13)9-11-14(6-3)10-5-2/h12H,4-11,13H2,1-3H3. The molecule has 0 spiro atoms. The van der Waals surface area contributed by atoms with Gasteiger partial charge in [0.1, 0.15) is 0 Å². The van der Waals surface area contributed by atoms with Crippen LogP contribution in [0.15, 0.2) is 0 Å². The van der Waals surface area contributed by atoms with Gasteiger partial charge in [-0.3, -0.25) is 0 Å². The van der Waals surface area contributed by atoms with Crippen LogP contribution >= 0.6 is 0 Å². The molecule has 0 saturated carbocycles. The van der Waals surface area contributed by atoms with E-state index in [1.807, 2.05) is 0 Å². The minimum atomic E-state index is 0.246. The van der Waals surface area contributed by atoms with Crippen LogP contribution in [0.25, 0.3) is 0 Å². The molecule has 0 aliphatic heterocycles. The molecule has 0 aromatic carbocycles. The Morgan fingerprint density at radius 2 is 1.80 bits per heavy atom. The number of rotatable bonds is 10. The van der Waals surface area contributed by atoms with E-state index in [1.54, 1.807) is 0 Å². The van der Waals surface area contributed by atoms with E-state index in [0.717, 1.165) is 25.9 Å². The number of hydrogen-bond acceptors (Lipinski definition) is 3. The van der Waals surface area contributed by atoms with Crippen molar-refractivity contribution in [2.24, 2.45) is 5.90 Å². The Hall–Kier alpha value is -0.120. The van der Waals surface area contributed by atoms with Crippen molar-refractivity contribution in [1.82, 2.24) is 4.90 Å². The molecule has 0 amide bonds. The van der Waals surface area contributed by atoms with Gasteiger partial charge in [0.15, 0.2) is 0 Å². The normalized spacial score (nSPS) is 13.4. The monoisotopic (exact) mass is 216 g/mol. The van der Waals surface area contributed by atoms with E-state index in [1.165, 1.54) is 25.8 Å². The summed E-state index contributed by atoms with van der Waals surface area (Å²) in [5.74, 6) is 5.30. The van der Waals surface area contributed by atoms with Gasteiger partial charge in [0, 0.05) is 6.54 Å². The molecule has 0 aromatic rings. The zero-order valence-electron chi connectivity index (χ0n) is 10.7. The highest BCUT2D eigenvalue weighted by molar-refractivity contribution is 4.62. The van der Waals surface area contributed by atoms with Gasteiger partial charge in [-0.1, -0.05) is 33.6 Å². The lowest BCUT2D eigenvalue weighted by molar-refractivity contribution is 0.0328. The van der Waals surface area contributed by atoms with Crippen LogP contribution in [-0.4, -0.2) is 30.6 Å². The second-order valence-electron chi connectivity index (χ2n) is 4.12. The molecule has 92 valence electrons. The summed E-state index contributed by atoms with van der Waals surface area (Å²) in [5.41, 5.74) is 0. The maximum absolute atomic E-state index is 5.30. The Labute approximate surface area is 94.9 Å². The van der Waals surface area contributed by atoms with Crippen molar-refractivity contribution in [1.29, 1.82) is 0 Å². The molecule has 0 saturated heterocycles. The van der Waals surface area contributed by atoms with Crippen molar-refractivity contribution < 1.29 is 4.84 Å². The first-order valence-electron chi connectivity index (χ1n) is 6.36. The smallest absolute Gasteiger partial charge is 0.0799 e. The van der Waals surface area contributed by atoms with Crippen molar-refractivity contribution in [3.63, 3.8) is 0 Å². The molecular formula is C12H28N2O. The van der Waals surface area contributed by atoms with Gasteiger partial charge in [0.25, 0.3) is 0 Å². The lowest BCUT2D eigenvalue weighted by Gasteiger charge is -2.22. The van der Waals surface area contributed by atoms with Crippen LogP contribution in [0.4, 0.5) is 0 Å². The van der Waals surface area contributed by atoms with Crippen LogP contribution in [-0.2, 0) is 4.84 Å². The van der Waals surface area contributed by atoms with Crippen LogP contribution in [0.3, 0.4) is 0 Å². The topological polar surface area (TPSA) is 38.5 Å². The summed E-state index contributed by atoms with van der Waals surface area (Å²) in [6.07, 6.45) is 6.04. The Kier molecular flexibility index (Phi) is 10.3. The SMILES string of the molecule is CCCCC(CCN(CC)CCC)ON. The summed E-state index contributed by atoms with van der Waals surface area (Å²) < 4.78 is 0. The summed E-state index contributed by atoms with van der Waals surface area (Å²) in [6.45, 7) is 10.0. The zero-order chi connectivity index (χ0) is 11.5. The van der Waals surface area contributed by atoms with Crippen molar-refractivity contribution >= 4 is 0 Å². The van der Waals surface area contributed by atoms with Crippen molar-refractivity contribution in [2.45, 2.75) is 59.0 Å². The quantitative estimate of drug-likeness (QED) is 0.570. The third kappa shape index (κ3) is 7.77. The largest absolute Gasteiger partial charge is 0.304 e. The van der Waals surface area contributed by atoms with Crippen LogP contribution in [0.2, 0.25) is 0 Å². The summed E-state index contributed by atoms with van der Waals surface area (Å²) in [6, 6.07) is 0. The molecule has 2 N–H and O–H groups in total. The molecule has 0 aromatic heterocycles. The first-order valence-corrected chi connectivity index (χ1v) is 6.36. The Bertz CT molecular complexity index is 131. The average molecular weight is 216 g/mol. The first kappa shape index (κ1) is 14.9. The highest BCUT2D eigenvalue weighted by atomic mass is 16.6. The van der Waals surface area contributed by atoms with Gasteiger partial charge < -0.3 is 9.74 Å². The number of unbranched alkanes of at least 4 members (excludes halogenated alkanes) is 1. The lowest BCUT2D eigenvalue weighted by Crippen LogP contribution is -2.29. The van der Waals surface area contributed by atoms with Crippen molar-refractivity contribution in [3.8, 4) is 0 Å². The molecule has 15 heavy (non-hydrogen) atoms. The predicted octanol–water partition coefficient (Wildman–Crippen LogP) is 2.56. The molecule has 3 nitrogen and oxygen atoms in total. The van der Waals surface area contributed by atoms with Crippen molar-refractivity contribution in [2.75, 3.05) is 19.6 Å². The Balaban J connectivity index is 3.66. The third-order valence-electron chi connectivity index (χ3n) is 2.83. The summed E-state index contributed by atoms with van der Waals surface area (Å²) >= 11 is 0. The summed E-state index contributed by atoms with van der Waals surface area (Å²) in [4.78, 5) is 7.46. The average Bonchev–Trinajstić information content (AvgIpc) is 2.27. The third-order valence-corrected chi connectivity index (χ3v) is 2.83. The van der Waals surface area contributed by atoms with Crippen LogP contribution in [0.1, 0.15) is 52.9 Å². The molecule has 0 aliphatic carbocycles. The molecule has 0 bridgehead atoms. The molecule has 1 unspecified atom stereocenters. The van der Waals surface area contributed by atoms with Crippen LogP contribution in [0.5, 0.6) is 0 Å². The highest BCUT2D eigenvalue weighted by Gasteiger charge is 2.09. The molecule has 3 heteroatoms. The zero-order valence-corrected chi connectivity index (χ0v) is 10.7. The van der Waals surface area contributed by atoms with Gasteiger partial charge in [-0.15, -0.1) is 0 Å². The van der Waals surface area contributed by atoms with Gasteiger partial charge in [-0.25, -0.2) is 5.90 Å². The minimum absolute atomic E-state index is 0.246. The van der Waals surface area contributed by atoms with Gasteiger partial charge in [-0.2, -0.15) is 0 Å². The predicted molar refractivity (Wildman–Crippen MR) is 65.6 cm³/mol. The Morgan fingerprint density at radius 1 is 1.07 bits per heavy atom. The molecule has 0 rings (SSSR count). The molecule has 1 atom stereocenters. The van der Waals surface area contributed by atoms with E-state index in [-0.39, 0.29) is 6.10 Å². The number of hydrogen-bond donors (Lipinski definition) is 1. The maximum atomic E-state index is 5.30. The van der Waals surface area contributed by atoms with Gasteiger partial charge in [0.05, 0.1) is 6.10 Å². The summed E-state index contributed by atoms with van der Waals surface area (Å²) in [5, 5.41) is 0. The van der Waals surface area contributed by atoms with E-state index in [4.69, 9.17) is 10.7 Å². The van der Waals surface area contributed by atoms with E-state index >= 15 is 0 Å². The van der Waals surface area contributed by atoms with Crippen molar-refractivity contribution in [3.05, 3.63) is 0 Å². The summed E-state index contributed by atoms with van der Waals surface area (Å²) in [7, 11) is 0. The molecule has 0 fully saturated rings. The van der Waals surface area contributed by atoms with E-state index in [9.17, 15) is 0 Å². The highest BCUT2D eigenvalue weighted by Crippen LogP contribution is 2.08. The van der Waals surface area contributed by atoms with E-state index in [2.05, 4.69) is 25.7 Å². The van der Waals surface area contributed by atoms with Gasteiger partial charge >= 0.3 is 0 Å². The molecular weight excluding hydrogens is 188 g/mol.